The Hall–Kier alpha value is -4.30. The second-order valence-corrected chi connectivity index (χ2v) is 9.09. The molecule has 0 saturated carbocycles. The van der Waals surface area contributed by atoms with Crippen molar-refractivity contribution in [1.82, 2.24) is 16.0 Å². The van der Waals surface area contributed by atoms with E-state index in [1.54, 1.807) is 0 Å². The number of nitrogens with two attached hydrogens (primary N) is 2. The van der Waals surface area contributed by atoms with Crippen LogP contribution < -0.4 is 27.4 Å². The molecule has 39 heavy (non-hydrogen) atoms. The van der Waals surface area contributed by atoms with Crippen LogP contribution in [0.2, 0.25) is 0 Å². The molecular formula is C25H31N5O8S. The van der Waals surface area contributed by atoms with Gasteiger partial charge in [-0.25, -0.2) is 4.79 Å². The predicted molar refractivity (Wildman–Crippen MR) is 143 cm³/mol. The van der Waals surface area contributed by atoms with Crippen molar-refractivity contribution in [2.24, 2.45) is 11.5 Å². The summed E-state index contributed by atoms with van der Waals surface area (Å²) < 4.78 is 0. The molecule has 4 amide bonds. The quantitative estimate of drug-likeness (QED) is 0.123. The highest BCUT2D eigenvalue weighted by Crippen LogP contribution is 2.14. The number of hydrogen-bond donors (Lipinski definition) is 9. The fourth-order valence-electron chi connectivity index (χ4n) is 3.47. The van der Waals surface area contributed by atoms with Gasteiger partial charge in [-0.05, 0) is 35.4 Å². The first-order valence-corrected chi connectivity index (χ1v) is 12.4. The molecule has 14 heteroatoms. The fourth-order valence-corrected chi connectivity index (χ4v) is 3.72. The van der Waals surface area contributed by atoms with Crippen molar-refractivity contribution in [3.63, 3.8) is 0 Å². The molecule has 0 bridgehead atoms. The summed E-state index contributed by atoms with van der Waals surface area (Å²) in [5, 5.41) is 35.7. The monoisotopic (exact) mass is 561 g/mol. The van der Waals surface area contributed by atoms with Gasteiger partial charge in [-0.3, -0.25) is 19.2 Å². The van der Waals surface area contributed by atoms with Crippen LogP contribution in [0, 0.1) is 0 Å². The Balaban J connectivity index is 2.32. The van der Waals surface area contributed by atoms with Crippen LogP contribution in [0.4, 0.5) is 0 Å². The molecule has 0 aliphatic heterocycles. The average molecular weight is 562 g/mol. The maximum absolute atomic E-state index is 13.4. The summed E-state index contributed by atoms with van der Waals surface area (Å²) in [4.78, 5) is 61.6. The Kier molecular flexibility index (Phi) is 11.6. The van der Waals surface area contributed by atoms with E-state index in [1.165, 1.54) is 48.5 Å². The third kappa shape index (κ3) is 10.2. The summed E-state index contributed by atoms with van der Waals surface area (Å²) in [6, 6.07) is 6.39. The number of phenols is 2. The number of carboxylic acid groups (broad SMARTS) is 1. The lowest BCUT2D eigenvalue weighted by Crippen LogP contribution is -2.58. The Labute approximate surface area is 229 Å². The van der Waals surface area contributed by atoms with E-state index < -0.39 is 60.2 Å². The Morgan fingerprint density at radius 1 is 0.718 bits per heavy atom. The average Bonchev–Trinajstić information content (AvgIpc) is 2.88. The van der Waals surface area contributed by atoms with Crippen molar-refractivity contribution < 1.29 is 39.3 Å². The van der Waals surface area contributed by atoms with E-state index in [-0.39, 0.29) is 30.1 Å². The molecule has 13 nitrogen and oxygen atoms in total. The summed E-state index contributed by atoms with van der Waals surface area (Å²) in [6.07, 6.45) is -0.632. The number of carbonyl (C=O) groups excluding carboxylic acids is 4. The van der Waals surface area contributed by atoms with Crippen molar-refractivity contribution in [3.8, 4) is 11.5 Å². The van der Waals surface area contributed by atoms with Crippen LogP contribution in [0.3, 0.4) is 0 Å². The number of aliphatic carboxylic acids is 1. The van der Waals surface area contributed by atoms with Crippen LogP contribution in [0.1, 0.15) is 17.5 Å². The largest absolute Gasteiger partial charge is 0.508 e. The van der Waals surface area contributed by atoms with E-state index in [1.807, 2.05) is 0 Å². The standard InChI is InChI=1S/C25H31N5O8S/c26-17(11-21(27)33)22(34)28-18(9-13-1-5-15(31)6-2-13)23(35)29-19(10-14-3-7-16(32)8-4-14)24(36)30-20(12-39)25(37)38/h1-8,17-20,31-32,39H,9-12,26H2,(H2,27,33)(H,28,34)(H,29,35)(H,30,36)(H,37,38). The van der Waals surface area contributed by atoms with E-state index >= 15 is 0 Å². The van der Waals surface area contributed by atoms with Gasteiger partial charge < -0.3 is 42.7 Å². The van der Waals surface area contributed by atoms with E-state index in [9.17, 15) is 39.3 Å². The number of rotatable bonds is 14. The Morgan fingerprint density at radius 2 is 1.10 bits per heavy atom. The Bertz CT molecular complexity index is 1180. The number of carboxylic acids is 1. The molecule has 0 saturated heterocycles. The Morgan fingerprint density at radius 3 is 1.46 bits per heavy atom. The third-order valence-electron chi connectivity index (χ3n) is 5.57. The molecule has 2 aromatic carbocycles. The minimum atomic E-state index is -1.33. The third-order valence-corrected chi connectivity index (χ3v) is 5.94. The van der Waals surface area contributed by atoms with Crippen molar-refractivity contribution in [1.29, 1.82) is 0 Å². The molecule has 0 fully saturated rings. The second kappa shape index (κ2) is 14.6. The number of aromatic hydroxyl groups is 2. The zero-order valence-corrected chi connectivity index (χ0v) is 21.6. The van der Waals surface area contributed by atoms with Crippen LogP contribution in [0.15, 0.2) is 48.5 Å². The fraction of sp³-hybridized carbons (Fsp3) is 0.320. The number of thiol groups is 1. The maximum atomic E-state index is 13.4. The van der Waals surface area contributed by atoms with Gasteiger partial charge in [-0.2, -0.15) is 12.6 Å². The highest BCUT2D eigenvalue weighted by molar-refractivity contribution is 7.80. The lowest BCUT2D eigenvalue weighted by atomic mass is 10.0. The zero-order valence-electron chi connectivity index (χ0n) is 20.7. The molecule has 0 aliphatic carbocycles. The van der Waals surface area contributed by atoms with Gasteiger partial charge in [-0.15, -0.1) is 0 Å². The molecule has 4 atom stereocenters. The van der Waals surface area contributed by atoms with Crippen molar-refractivity contribution >= 4 is 42.2 Å². The number of carbonyl (C=O) groups is 5. The molecule has 4 unspecified atom stereocenters. The number of hydrogen-bond acceptors (Lipinski definition) is 9. The van der Waals surface area contributed by atoms with Gasteiger partial charge in [0.2, 0.25) is 23.6 Å². The predicted octanol–water partition coefficient (Wildman–Crippen LogP) is -1.45. The second-order valence-electron chi connectivity index (χ2n) is 8.72. The van der Waals surface area contributed by atoms with Gasteiger partial charge in [0.25, 0.3) is 0 Å². The lowest BCUT2D eigenvalue weighted by Gasteiger charge is -2.25. The first-order valence-electron chi connectivity index (χ1n) is 11.7. The van der Waals surface area contributed by atoms with Crippen molar-refractivity contribution in [2.75, 3.05) is 5.75 Å². The van der Waals surface area contributed by atoms with Crippen LogP contribution in [-0.4, -0.2) is 74.8 Å². The molecule has 0 aliphatic rings. The molecule has 2 aromatic rings. The van der Waals surface area contributed by atoms with E-state index in [0.29, 0.717) is 11.1 Å². The van der Waals surface area contributed by atoms with Crippen molar-refractivity contribution in [3.05, 3.63) is 59.7 Å². The molecule has 0 spiro atoms. The van der Waals surface area contributed by atoms with Crippen LogP contribution in [0.25, 0.3) is 0 Å². The molecule has 2 rings (SSSR count). The van der Waals surface area contributed by atoms with Gasteiger partial charge in [0, 0.05) is 18.6 Å². The molecule has 0 radical (unpaired) electrons. The highest BCUT2D eigenvalue weighted by Gasteiger charge is 2.30. The van der Waals surface area contributed by atoms with Gasteiger partial charge in [0.05, 0.1) is 12.5 Å². The molecule has 0 heterocycles. The normalized spacial score (nSPS) is 13.8. The van der Waals surface area contributed by atoms with Crippen LogP contribution >= 0.6 is 12.6 Å². The number of amides is 4. The topological polar surface area (TPSA) is 234 Å². The molecule has 10 N–H and O–H groups in total. The van der Waals surface area contributed by atoms with E-state index in [4.69, 9.17) is 11.5 Å². The minimum Gasteiger partial charge on any atom is -0.508 e. The van der Waals surface area contributed by atoms with Gasteiger partial charge in [0.1, 0.15) is 29.6 Å². The van der Waals surface area contributed by atoms with Crippen LogP contribution in [-0.2, 0) is 36.8 Å². The minimum absolute atomic E-state index is 0.0184. The first kappa shape index (κ1) is 30.9. The molecule has 210 valence electrons. The highest BCUT2D eigenvalue weighted by atomic mass is 32.1. The first-order chi connectivity index (χ1) is 18.4. The smallest absolute Gasteiger partial charge is 0.327 e. The number of primary amides is 1. The summed E-state index contributed by atoms with van der Waals surface area (Å²) >= 11 is 3.93. The maximum Gasteiger partial charge on any atom is 0.327 e. The molecular weight excluding hydrogens is 530 g/mol. The summed E-state index contributed by atoms with van der Waals surface area (Å²) in [6.45, 7) is 0. The number of phenolic OH excluding ortho intramolecular Hbond substituents is 2. The van der Waals surface area contributed by atoms with Crippen molar-refractivity contribution in [2.45, 2.75) is 43.4 Å². The summed E-state index contributed by atoms with van der Waals surface area (Å²) in [5.41, 5.74) is 11.9. The molecule has 0 aromatic heterocycles. The van der Waals surface area contributed by atoms with Crippen LogP contribution in [0.5, 0.6) is 11.5 Å². The van der Waals surface area contributed by atoms with Gasteiger partial charge in [0.15, 0.2) is 0 Å². The summed E-state index contributed by atoms with van der Waals surface area (Å²) in [7, 11) is 0. The lowest BCUT2D eigenvalue weighted by molar-refractivity contribution is -0.141. The van der Waals surface area contributed by atoms with Gasteiger partial charge in [-0.1, -0.05) is 24.3 Å². The van der Waals surface area contributed by atoms with E-state index in [2.05, 4.69) is 28.6 Å². The number of benzene rings is 2. The summed E-state index contributed by atoms with van der Waals surface area (Å²) in [5.74, 6) is -4.86. The zero-order chi connectivity index (χ0) is 29.1. The SMILES string of the molecule is NC(=O)CC(N)C(=O)NC(Cc1ccc(O)cc1)C(=O)NC(Cc1ccc(O)cc1)C(=O)NC(CS)C(=O)O. The van der Waals surface area contributed by atoms with Gasteiger partial charge >= 0.3 is 5.97 Å². The van der Waals surface area contributed by atoms with E-state index in [0.717, 1.165) is 0 Å². The number of nitrogens with one attached hydrogen (secondary N) is 3.